The first-order chi connectivity index (χ1) is 17.8. The smallest absolute Gasteiger partial charge is 0.259 e. The maximum atomic E-state index is 13.5. The molecule has 2 heterocycles. The van der Waals surface area contributed by atoms with Crippen molar-refractivity contribution < 1.29 is 9.21 Å². The second-order valence-electron chi connectivity index (χ2n) is 10.3. The van der Waals surface area contributed by atoms with E-state index in [2.05, 4.69) is 42.0 Å². The number of halogens is 1. The van der Waals surface area contributed by atoms with Gasteiger partial charge in [-0.2, -0.15) is 0 Å². The number of nitrogens with zero attached hydrogens (tertiary/aromatic N) is 1. The molecule has 1 amide bonds. The van der Waals surface area contributed by atoms with E-state index in [1.54, 1.807) is 29.3 Å². The number of carbonyl (C=O) groups excluding carboxylic acids is 1. The van der Waals surface area contributed by atoms with Crippen LogP contribution in [0.15, 0.2) is 90.6 Å². The summed E-state index contributed by atoms with van der Waals surface area (Å²) in [5, 5.41) is 4.58. The zero-order valence-corrected chi connectivity index (χ0v) is 24.3. The maximum absolute atomic E-state index is 13.5. The van der Waals surface area contributed by atoms with Crippen molar-refractivity contribution in [3.63, 3.8) is 0 Å². The molecule has 0 spiro atoms. The largest absolute Gasteiger partial charge is 0.447 e. The topological polar surface area (TPSA) is 54.6 Å². The number of nitrogens with one attached hydrogen (secondary N) is 1. The van der Waals surface area contributed by atoms with Crippen molar-refractivity contribution in [2.45, 2.75) is 50.0 Å². The van der Waals surface area contributed by atoms with E-state index < -0.39 is 0 Å². The lowest BCUT2D eigenvalue weighted by molar-refractivity contribution is 0.102. The molecule has 1 aliphatic carbocycles. The Hall–Kier alpha value is -2.61. The summed E-state index contributed by atoms with van der Waals surface area (Å²) in [6.07, 6.45) is 4.67. The van der Waals surface area contributed by atoms with Crippen LogP contribution in [0.5, 0.6) is 0 Å². The summed E-state index contributed by atoms with van der Waals surface area (Å²) in [5.74, 6) is 1.11. The molecule has 0 fully saturated rings. The van der Waals surface area contributed by atoms with Gasteiger partial charge in [0.2, 0.25) is 0 Å². The second kappa shape index (κ2) is 11.0. The molecule has 0 radical (unpaired) electrons. The monoisotopic (exact) mass is 592 g/mol. The number of carbonyl (C=O) groups is 1. The Balaban J connectivity index is 1.45. The highest BCUT2D eigenvalue weighted by Crippen LogP contribution is 2.45. The van der Waals surface area contributed by atoms with E-state index in [0.717, 1.165) is 50.0 Å². The summed E-state index contributed by atoms with van der Waals surface area (Å²) in [7, 11) is 0. The van der Waals surface area contributed by atoms with Crippen molar-refractivity contribution in [3.8, 4) is 0 Å². The van der Waals surface area contributed by atoms with Gasteiger partial charge in [0.25, 0.3) is 5.91 Å². The number of benzene rings is 2. The molecule has 37 heavy (non-hydrogen) atoms. The molecule has 0 bridgehead atoms. The van der Waals surface area contributed by atoms with Crippen LogP contribution in [0, 0.1) is 11.3 Å². The second-order valence-corrected chi connectivity index (χ2v) is 13.3. The van der Waals surface area contributed by atoms with Gasteiger partial charge in [-0.05, 0) is 76.4 Å². The van der Waals surface area contributed by atoms with Crippen molar-refractivity contribution in [1.82, 2.24) is 0 Å². The van der Waals surface area contributed by atoms with Gasteiger partial charge in [0.1, 0.15) is 10.8 Å². The number of hydrogen-bond donors (Lipinski definition) is 1. The van der Waals surface area contributed by atoms with Gasteiger partial charge >= 0.3 is 0 Å². The van der Waals surface area contributed by atoms with Crippen LogP contribution in [-0.2, 0) is 12.8 Å². The quantitative estimate of drug-likeness (QED) is 0.227. The maximum Gasteiger partial charge on any atom is 0.259 e. The molecule has 0 aliphatic heterocycles. The summed E-state index contributed by atoms with van der Waals surface area (Å²) >= 11 is 6.80. The number of para-hydroxylation sites is 1. The van der Waals surface area contributed by atoms with Crippen LogP contribution < -0.4 is 5.32 Å². The summed E-state index contributed by atoms with van der Waals surface area (Å²) in [5.41, 5.74) is 2.84. The molecule has 1 N–H and O–H groups in total. The van der Waals surface area contributed by atoms with Crippen LogP contribution >= 0.6 is 39.0 Å². The Morgan fingerprint density at radius 2 is 1.84 bits per heavy atom. The summed E-state index contributed by atoms with van der Waals surface area (Å²) in [6.45, 7) is 6.91. The van der Waals surface area contributed by atoms with Crippen molar-refractivity contribution in [2.24, 2.45) is 16.3 Å². The minimum absolute atomic E-state index is 0.106. The molecule has 5 rings (SSSR count). The van der Waals surface area contributed by atoms with Gasteiger partial charge in [0, 0.05) is 21.5 Å². The molecule has 2 aromatic heterocycles. The molecule has 7 heteroatoms. The molecular formula is C30H29BrN2O2S2. The standard InChI is InChI=1S/C30H29BrN2O2S2/c1-30(2,3)19-14-15-23-25(16-19)37-28(26(23)27(34)33-20-10-6-4-7-11-20)32-18-21-17-24(31)29(35-21)36-22-12-8-5-9-13-22/h4-13,17-19H,14-16H2,1-3H3,(H,33,34)/t19-/m1/s1. The molecule has 0 unspecified atom stereocenters. The Labute approximate surface area is 234 Å². The van der Waals surface area contributed by atoms with E-state index in [9.17, 15) is 4.79 Å². The van der Waals surface area contributed by atoms with Crippen LogP contribution in [0.4, 0.5) is 10.7 Å². The average molecular weight is 594 g/mol. The van der Waals surface area contributed by atoms with Crippen LogP contribution in [0.1, 0.15) is 53.8 Å². The van der Waals surface area contributed by atoms with E-state index in [0.29, 0.717) is 17.2 Å². The van der Waals surface area contributed by atoms with Gasteiger partial charge in [-0.15, -0.1) is 11.3 Å². The fourth-order valence-corrected chi connectivity index (χ4v) is 7.19. The highest BCUT2D eigenvalue weighted by molar-refractivity contribution is 9.10. The van der Waals surface area contributed by atoms with Crippen molar-refractivity contribution in [3.05, 3.63) is 93.0 Å². The average Bonchev–Trinajstić information content (AvgIpc) is 3.42. The number of rotatable bonds is 6. The van der Waals surface area contributed by atoms with Gasteiger partial charge in [-0.25, -0.2) is 4.99 Å². The molecule has 4 nitrogen and oxygen atoms in total. The highest BCUT2D eigenvalue weighted by Gasteiger charge is 2.33. The van der Waals surface area contributed by atoms with Gasteiger partial charge in [0.05, 0.1) is 16.3 Å². The van der Waals surface area contributed by atoms with E-state index in [-0.39, 0.29) is 11.3 Å². The van der Waals surface area contributed by atoms with Crippen LogP contribution in [0.3, 0.4) is 0 Å². The van der Waals surface area contributed by atoms with Crippen molar-refractivity contribution in [2.75, 3.05) is 5.32 Å². The van der Waals surface area contributed by atoms with Crippen LogP contribution in [-0.4, -0.2) is 12.1 Å². The third kappa shape index (κ3) is 6.11. The Kier molecular flexibility index (Phi) is 7.75. The molecule has 2 aromatic carbocycles. The number of thiophene rings is 1. The van der Waals surface area contributed by atoms with Gasteiger partial charge < -0.3 is 9.73 Å². The van der Waals surface area contributed by atoms with Crippen LogP contribution in [0.25, 0.3) is 0 Å². The lowest BCUT2D eigenvalue weighted by atomic mass is 9.72. The van der Waals surface area contributed by atoms with E-state index in [1.165, 1.54) is 4.88 Å². The molecule has 190 valence electrons. The molecular weight excluding hydrogens is 564 g/mol. The molecule has 0 saturated carbocycles. The lowest BCUT2D eigenvalue weighted by Crippen LogP contribution is -2.27. The number of anilines is 1. The minimum atomic E-state index is -0.106. The summed E-state index contributed by atoms with van der Waals surface area (Å²) in [4.78, 5) is 20.7. The SMILES string of the molecule is CC(C)(C)[C@@H]1CCc2c(sc(N=Cc3cc(Br)c(Sc4ccccc4)o3)c2C(=O)Nc2ccccc2)C1. The van der Waals surface area contributed by atoms with E-state index >= 15 is 0 Å². The Bertz CT molecular complexity index is 1420. The van der Waals surface area contributed by atoms with Crippen molar-refractivity contribution in [1.29, 1.82) is 0 Å². The van der Waals surface area contributed by atoms with Crippen molar-refractivity contribution >= 4 is 61.8 Å². The zero-order chi connectivity index (χ0) is 26.0. The van der Waals surface area contributed by atoms with Gasteiger partial charge in [-0.3, -0.25) is 4.79 Å². The number of hydrogen-bond acceptors (Lipinski definition) is 5. The molecule has 1 aliphatic rings. The predicted molar refractivity (Wildman–Crippen MR) is 158 cm³/mol. The number of aliphatic imine (C=N–C) groups is 1. The van der Waals surface area contributed by atoms with Crippen LogP contribution in [0.2, 0.25) is 0 Å². The molecule has 0 saturated heterocycles. The highest BCUT2D eigenvalue weighted by atomic mass is 79.9. The third-order valence-corrected chi connectivity index (χ3v) is 9.68. The first-order valence-electron chi connectivity index (χ1n) is 12.3. The lowest BCUT2D eigenvalue weighted by Gasteiger charge is -2.33. The third-order valence-electron chi connectivity index (χ3n) is 6.67. The predicted octanol–water partition coefficient (Wildman–Crippen LogP) is 9.41. The molecule has 4 aromatic rings. The molecule has 1 atom stereocenters. The number of amides is 1. The minimum Gasteiger partial charge on any atom is -0.447 e. The Morgan fingerprint density at radius 1 is 1.14 bits per heavy atom. The zero-order valence-electron chi connectivity index (χ0n) is 21.1. The fraction of sp³-hybridized carbons (Fsp3) is 0.267. The number of furan rings is 1. The van der Waals surface area contributed by atoms with E-state index in [4.69, 9.17) is 9.41 Å². The van der Waals surface area contributed by atoms with Gasteiger partial charge in [-0.1, -0.05) is 68.9 Å². The van der Waals surface area contributed by atoms with Gasteiger partial charge in [0.15, 0.2) is 5.09 Å². The first kappa shape index (κ1) is 26.0. The normalized spacial score (nSPS) is 15.6. The fourth-order valence-electron chi connectivity index (χ4n) is 4.57. The number of fused-ring (bicyclic) bond motifs is 1. The summed E-state index contributed by atoms with van der Waals surface area (Å²) in [6, 6.07) is 21.6. The Morgan fingerprint density at radius 3 is 2.54 bits per heavy atom. The summed E-state index contributed by atoms with van der Waals surface area (Å²) < 4.78 is 6.95. The first-order valence-corrected chi connectivity index (χ1v) is 14.8. The van der Waals surface area contributed by atoms with E-state index in [1.807, 2.05) is 66.7 Å².